The zero-order valence-corrected chi connectivity index (χ0v) is 8.73. The van der Waals surface area contributed by atoms with E-state index in [2.05, 4.69) is 0 Å². The molecule has 0 saturated heterocycles. The van der Waals surface area contributed by atoms with Crippen molar-refractivity contribution in [1.29, 1.82) is 0 Å². The number of carbonyl (C=O) groups is 1. The Labute approximate surface area is 114 Å². The van der Waals surface area contributed by atoms with Crippen LogP contribution in [0.25, 0.3) is 0 Å². The van der Waals surface area contributed by atoms with Gasteiger partial charge in [0.2, 0.25) is 0 Å². The molecule has 0 unspecified atom stereocenters. The van der Waals surface area contributed by atoms with Gasteiger partial charge in [0.15, 0.2) is 0 Å². The molecule has 1 rings (SSSR count). The van der Waals surface area contributed by atoms with Gasteiger partial charge in [-0.15, -0.1) is 0 Å². The van der Waals surface area contributed by atoms with Gasteiger partial charge < -0.3 is 5.11 Å². The molecular formula is C7H5EuNO4. The maximum atomic E-state index is 10.4. The zero-order valence-electron chi connectivity index (χ0n) is 6.31. The number of para-hydroxylation sites is 1. The minimum absolute atomic E-state index is 0. The first-order valence-corrected chi connectivity index (χ1v) is 3.09. The molecule has 0 bridgehead atoms. The molecule has 1 aromatic carbocycles. The van der Waals surface area contributed by atoms with Crippen molar-refractivity contribution in [2.45, 2.75) is 0 Å². The number of nitro groups is 1. The van der Waals surface area contributed by atoms with Crippen molar-refractivity contribution in [1.82, 2.24) is 0 Å². The van der Waals surface area contributed by atoms with Gasteiger partial charge in [-0.05, 0) is 6.07 Å². The maximum absolute atomic E-state index is 10.4. The van der Waals surface area contributed by atoms with E-state index in [1.807, 2.05) is 0 Å². The summed E-state index contributed by atoms with van der Waals surface area (Å²) in [6, 6.07) is 5.21. The summed E-state index contributed by atoms with van der Waals surface area (Å²) in [4.78, 5) is 20.0. The van der Waals surface area contributed by atoms with E-state index in [1.54, 1.807) is 0 Å². The van der Waals surface area contributed by atoms with E-state index >= 15 is 0 Å². The van der Waals surface area contributed by atoms with Crippen LogP contribution in [0, 0.1) is 59.5 Å². The molecule has 0 aliphatic rings. The fourth-order valence-corrected chi connectivity index (χ4v) is 0.814. The monoisotopic (exact) mass is 320 g/mol. The molecule has 6 heteroatoms. The Morgan fingerprint density at radius 3 is 2.31 bits per heavy atom. The van der Waals surface area contributed by atoms with Gasteiger partial charge in [0.1, 0.15) is 5.56 Å². The van der Waals surface area contributed by atoms with Crippen molar-refractivity contribution in [3.05, 3.63) is 39.9 Å². The summed E-state index contributed by atoms with van der Waals surface area (Å²) in [5.41, 5.74) is -0.674. The van der Waals surface area contributed by atoms with Crippen molar-refractivity contribution < 1.29 is 64.2 Å². The molecule has 1 radical (unpaired) electrons. The largest absolute Gasteiger partial charge is 0.477 e. The van der Waals surface area contributed by atoms with Crippen molar-refractivity contribution in [2.24, 2.45) is 0 Å². The molecule has 0 saturated carbocycles. The summed E-state index contributed by atoms with van der Waals surface area (Å²) >= 11 is 0. The summed E-state index contributed by atoms with van der Waals surface area (Å²) in [6.07, 6.45) is 0. The van der Waals surface area contributed by atoms with E-state index in [0.717, 1.165) is 6.07 Å². The first kappa shape index (κ1) is 12.7. The van der Waals surface area contributed by atoms with Crippen molar-refractivity contribution in [3.63, 3.8) is 0 Å². The van der Waals surface area contributed by atoms with Gasteiger partial charge in [-0.1, -0.05) is 12.1 Å². The molecule has 0 aliphatic carbocycles. The number of aromatic carboxylic acids is 1. The Hall–Kier alpha value is -0.326. The fourth-order valence-electron chi connectivity index (χ4n) is 0.814. The van der Waals surface area contributed by atoms with Gasteiger partial charge in [-0.2, -0.15) is 0 Å². The number of nitro benzene ring substituents is 1. The molecule has 0 atom stereocenters. The molecule has 1 aromatic rings. The van der Waals surface area contributed by atoms with Gasteiger partial charge in [-0.25, -0.2) is 4.79 Å². The fraction of sp³-hybridized carbons (Fsp3) is 0. The normalized spacial score (nSPS) is 8.62. The number of rotatable bonds is 2. The van der Waals surface area contributed by atoms with Gasteiger partial charge in [0.05, 0.1) is 4.92 Å². The summed E-state index contributed by atoms with van der Waals surface area (Å²) in [7, 11) is 0. The van der Waals surface area contributed by atoms with E-state index in [1.165, 1.54) is 18.2 Å². The summed E-state index contributed by atoms with van der Waals surface area (Å²) in [5.74, 6) is -1.29. The molecule has 0 aliphatic heterocycles. The molecule has 0 heterocycles. The van der Waals surface area contributed by atoms with Gasteiger partial charge in [-0.3, -0.25) is 10.1 Å². The number of nitrogens with zero attached hydrogens (tertiary/aromatic N) is 1. The third-order valence-corrected chi connectivity index (χ3v) is 1.33. The molecule has 5 nitrogen and oxygen atoms in total. The molecule has 0 amide bonds. The minimum Gasteiger partial charge on any atom is -0.477 e. The standard InChI is InChI=1S/C7H5NO4.Eu/c9-7(10)5-3-1-2-4-6(5)8(11)12;/h1-4H,(H,9,10);. The number of benzene rings is 1. The Bertz CT molecular complexity index is 306. The third-order valence-electron chi connectivity index (χ3n) is 1.33. The van der Waals surface area contributed by atoms with E-state index in [4.69, 9.17) is 5.11 Å². The second-order valence-electron chi connectivity index (χ2n) is 2.08. The third kappa shape index (κ3) is 3.13. The molecule has 0 spiro atoms. The summed E-state index contributed by atoms with van der Waals surface area (Å²) < 4.78 is 0. The van der Waals surface area contributed by atoms with Crippen LogP contribution < -0.4 is 0 Å². The maximum Gasteiger partial charge on any atom is 0.342 e. The molecule has 0 fully saturated rings. The van der Waals surface area contributed by atoms with Crippen LogP contribution in [0.4, 0.5) is 5.69 Å². The van der Waals surface area contributed by atoms with Crippen LogP contribution in [0.2, 0.25) is 0 Å². The Balaban J connectivity index is 0.00000144. The van der Waals surface area contributed by atoms with Crippen LogP contribution in [0.5, 0.6) is 0 Å². The predicted octanol–water partition coefficient (Wildman–Crippen LogP) is 1.29. The molecule has 0 aromatic heterocycles. The second-order valence-corrected chi connectivity index (χ2v) is 2.08. The molecular weight excluding hydrogens is 314 g/mol. The number of carboxylic acid groups (broad SMARTS) is 1. The van der Waals surface area contributed by atoms with E-state index in [0.29, 0.717) is 0 Å². The summed E-state index contributed by atoms with van der Waals surface area (Å²) in [5, 5.41) is 18.8. The number of hydrogen-bond donors (Lipinski definition) is 1. The van der Waals surface area contributed by atoms with Crippen LogP contribution >= 0.6 is 0 Å². The Morgan fingerprint density at radius 1 is 1.38 bits per heavy atom. The van der Waals surface area contributed by atoms with Crippen LogP contribution in [-0.2, 0) is 0 Å². The van der Waals surface area contributed by atoms with Crippen LogP contribution in [0.3, 0.4) is 0 Å². The Kier molecular flexibility index (Phi) is 5.28. The second kappa shape index (κ2) is 5.41. The quantitative estimate of drug-likeness (QED) is 0.658. The van der Waals surface area contributed by atoms with Crippen LogP contribution in [-0.4, -0.2) is 16.0 Å². The van der Waals surface area contributed by atoms with Crippen LogP contribution in [0.1, 0.15) is 10.4 Å². The average Bonchev–Trinajstić information content (AvgIpc) is 2.04. The van der Waals surface area contributed by atoms with E-state index in [9.17, 15) is 14.9 Å². The minimum atomic E-state index is -1.29. The zero-order chi connectivity index (χ0) is 9.14. The average molecular weight is 319 g/mol. The van der Waals surface area contributed by atoms with E-state index in [-0.39, 0.29) is 60.6 Å². The SMILES string of the molecule is O=C(O)c1ccccc1[N+](=O)[O-].[Eu]. The first-order valence-electron chi connectivity index (χ1n) is 3.09. The first-order chi connectivity index (χ1) is 5.63. The van der Waals surface area contributed by atoms with Crippen molar-refractivity contribution in [2.75, 3.05) is 0 Å². The molecule has 13 heavy (non-hydrogen) atoms. The van der Waals surface area contributed by atoms with E-state index < -0.39 is 10.9 Å². The molecule has 1 N–H and O–H groups in total. The summed E-state index contributed by atoms with van der Waals surface area (Å²) in [6.45, 7) is 0. The Morgan fingerprint density at radius 2 is 1.92 bits per heavy atom. The van der Waals surface area contributed by atoms with Crippen molar-refractivity contribution >= 4 is 11.7 Å². The topological polar surface area (TPSA) is 80.4 Å². The van der Waals surface area contributed by atoms with Crippen molar-refractivity contribution in [3.8, 4) is 0 Å². The van der Waals surface area contributed by atoms with Gasteiger partial charge in [0, 0.05) is 55.4 Å². The van der Waals surface area contributed by atoms with Gasteiger partial charge >= 0.3 is 5.97 Å². The predicted molar refractivity (Wildman–Crippen MR) is 40.1 cm³/mol. The smallest absolute Gasteiger partial charge is 0.342 e. The number of carboxylic acids is 1. The van der Waals surface area contributed by atoms with Crippen LogP contribution in [0.15, 0.2) is 24.3 Å². The van der Waals surface area contributed by atoms with Gasteiger partial charge in [0.25, 0.3) is 5.69 Å². The molecule has 69 valence electrons. The number of hydrogen-bond acceptors (Lipinski definition) is 3.